The van der Waals surface area contributed by atoms with Crippen LogP contribution < -0.4 is 0 Å². The molecule has 2 rings (SSSR count). The Bertz CT molecular complexity index is 220. The summed E-state index contributed by atoms with van der Waals surface area (Å²) in [6.45, 7) is 1.73. The molecule has 0 atom stereocenters. The van der Waals surface area contributed by atoms with Crippen molar-refractivity contribution in [3.05, 3.63) is 19.4 Å². The normalized spacial score (nSPS) is 16.9. The summed E-state index contributed by atoms with van der Waals surface area (Å²) in [6.07, 6.45) is 1.11. The molecule has 1 nitrogen and oxygen atoms in total. The molecule has 0 saturated carbocycles. The molecular formula is C7H7IOS. The van der Waals surface area contributed by atoms with Crippen LogP contribution in [0.2, 0.25) is 0 Å². The monoisotopic (exact) mass is 266 g/mol. The largest absolute Gasteiger partial charge is 0.376 e. The molecule has 1 aliphatic rings. The first-order chi connectivity index (χ1) is 4.86. The lowest BCUT2D eigenvalue weighted by Crippen LogP contribution is -2.05. The number of thiophene rings is 1. The van der Waals surface area contributed by atoms with Crippen LogP contribution >= 0.6 is 33.9 Å². The van der Waals surface area contributed by atoms with Gasteiger partial charge in [-0.05, 0) is 34.2 Å². The highest BCUT2D eigenvalue weighted by atomic mass is 127. The fraction of sp³-hybridized carbons (Fsp3) is 0.429. The van der Waals surface area contributed by atoms with Crippen molar-refractivity contribution in [2.24, 2.45) is 0 Å². The van der Waals surface area contributed by atoms with Crippen molar-refractivity contribution in [2.45, 2.75) is 13.0 Å². The molecular weight excluding hydrogens is 259 g/mol. The maximum Gasteiger partial charge on any atom is 0.0728 e. The fourth-order valence-corrected chi connectivity index (χ4v) is 3.16. The van der Waals surface area contributed by atoms with E-state index in [1.54, 1.807) is 0 Å². The van der Waals surface area contributed by atoms with E-state index >= 15 is 0 Å². The van der Waals surface area contributed by atoms with Crippen LogP contribution in [0.1, 0.15) is 10.4 Å². The number of ether oxygens (including phenoxy) is 1. The lowest BCUT2D eigenvalue weighted by molar-refractivity contribution is 0.112. The molecule has 0 unspecified atom stereocenters. The quantitative estimate of drug-likeness (QED) is 0.655. The maximum absolute atomic E-state index is 5.31. The number of hydrogen-bond donors (Lipinski definition) is 0. The summed E-state index contributed by atoms with van der Waals surface area (Å²) in [5.74, 6) is 0. The van der Waals surface area contributed by atoms with E-state index in [-0.39, 0.29) is 0 Å². The Kier molecular flexibility index (Phi) is 1.97. The van der Waals surface area contributed by atoms with E-state index in [9.17, 15) is 0 Å². The van der Waals surface area contributed by atoms with Crippen LogP contribution in [0.15, 0.2) is 6.07 Å². The molecule has 0 N–H and O–H groups in total. The second-order valence-corrected chi connectivity index (χ2v) is 5.33. The van der Waals surface area contributed by atoms with Crippen LogP contribution in [0.25, 0.3) is 0 Å². The number of rotatable bonds is 0. The summed E-state index contributed by atoms with van der Waals surface area (Å²) < 4.78 is 6.70. The van der Waals surface area contributed by atoms with Crippen molar-refractivity contribution >= 4 is 33.9 Å². The first-order valence-electron chi connectivity index (χ1n) is 3.21. The summed E-state index contributed by atoms with van der Waals surface area (Å²) in [5, 5.41) is 0. The molecule has 10 heavy (non-hydrogen) atoms. The zero-order chi connectivity index (χ0) is 6.97. The van der Waals surface area contributed by atoms with Gasteiger partial charge in [-0.15, -0.1) is 11.3 Å². The van der Waals surface area contributed by atoms with Gasteiger partial charge < -0.3 is 4.74 Å². The molecule has 1 aliphatic heterocycles. The van der Waals surface area contributed by atoms with E-state index in [4.69, 9.17) is 4.74 Å². The molecule has 0 fully saturated rings. The smallest absolute Gasteiger partial charge is 0.0728 e. The first-order valence-corrected chi connectivity index (χ1v) is 5.10. The third kappa shape index (κ3) is 1.22. The van der Waals surface area contributed by atoms with Crippen LogP contribution in [0, 0.1) is 2.88 Å². The topological polar surface area (TPSA) is 9.23 Å². The van der Waals surface area contributed by atoms with E-state index in [0.717, 1.165) is 19.6 Å². The lowest BCUT2D eigenvalue weighted by Gasteiger charge is -2.10. The van der Waals surface area contributed by atoms with Gasteiger partial charge in [0.05, 0.1) is 16.1 Å². The molecule has 3 heteroatoms. The molecule has 0 spiro atoms. The molecule has 0 amide bonds. The van der Waals surface area contributed by atoms with Crippen molar-refractivity contribution in [3.8, 4) is 0 Å². The minimum Gasteiger partial charge on any atom is -0.376 e. The molecule has 54 valence electrons. The van der Waals surface area contributed by atoms with Gasteiger partial charge in [-0.25, -0.2) is 0 Å². The molecule has 2 heterocycles. The summed E-state index contributed by atoms with van der Waals surface area (Å²) >= 11 is 4.26. The van der Waals surface area contributed by atoms with Crippen molar-refractivity contribution in [1.82, 2.24) is 0 Å². The zero-order valence-corrected chi connectivity index (χ0v) is 8.37. The van der Waals surface area contributed by atoms with Gasteiger partial charge >= 0.3 is 0 Å². The predicted octanol–water partition coefficient (Wildman–Crippen LogP) is 2.43. The first kappa shape index (κ1) is 7.06. The van der Waals surface area contributed by atoms with E-state index in [0.29, 0.717) is 0 Å². The van der Waals surface area contributed by atoms with Gasteiger partial charge in [-0.2, -0.15) is 0 Å². The molecule has 0 aliphatic carbocycles. The van der Waals surface area contributed by atoms with Crippen LogP contribution in [-0.4, -0.2) is 6.61 Å². The third-order valence-electron chi connectivity index (χ3n) is 1.60. The molecule has 0 saturated heterocycles. The Labute approximate surface area is 77.5 Å². The van der Waals surface area contributed by atoms with Crippen molar-refractivity contribution in [2.75, 3.05) is 6.61 Å². The van der Waals surface area contributed by atoms with Crippen molar-refractivity contribution in [1.29, 1.82) is 0 Å². The third-order valence-corrected chi connectivity index (χ3v) is 3.60. The number of halogens is 1. The predicted molar refractivity (Wildman–Crippen MR) is 50.4 cm³/mol. The highest BCUT2D eigenvalue weighted by Crippen LogP contribution is 2.27. The zero-order valence-electron chi connectivity index (χ0n) is 5.39. The summed E-state index contributed by atoms with van der Waals surface area (Å²) in [6, 6.07) is 2.22. The molecule has 0 aromatic carbocycles. The van der Waals surface area contributed by atoms with E-state index in [2.05, 4.69) is 28.7 Å². The van der Waals surface area contributed by atoms with Crippen LogP contribution in [-0.2, 0) is 17.8 Å². The van der Waals surface area contributed by atoms with E-state index in [1.165, 1.54) is 13.3 Å². The second kappa shape index (κ2) is 2.79. The van der Waals surface area contributed by atoms with Gasteiger partial charge in [0.2, 0.25) is 0 Å². The Morgan fingerprint density at radius 3 is 3.30 bits per heavy atom. The van der Waals surface area contributed by atoms with Crippen LogP contribution in [0.5, 0.6) is 0 Å². The Morgan fingerprint density at radius 1 is 1.60 bits per heavy atom. The van der Waals surface area contributed by atoms with Gasteiger partial charge in [0.15, 0.2) is 0 Å². The van der Waals surface area contributed by atoms with Crippen molar-refractivity contribution < 1.29 is 4.74 Å². The van der Waals surface area contributed by atoms with E-state index in [1.807, 2.05) is 11.3 Å². The van der Waals surface area contributed by atoms with Gasteiger partial charge in [0.1, 0.15) is 0 Å². The van der Waals surface area contributed by atoms with Gasteiger partial charge in [0, 0.05) is 11.3 Å². The molecule has 0 bridgehead atoms. The summed E-state index contributed by atoms with van der Waals surface area (Å²) in [5.41, 5.74) is 1.40. The van der Waals surface area contributed by atoms with E-state index < -0.39 is 0 Å². The highest BCUT2D eigenvalue weighted by molar-refractivity contribution is 14.1. The minimum absolute atomic E-state index is 0.828. The molecule has 1 aromatic rings. The van der Waals surface area contributed by atoms with Crippen molar-refractivity contribution in [3.63, 3.8) is 0 Å². The fourth-order valence-electron chi connectivity index (χ4n) is 1.11. The van der Waals surface area contributed by atoms with Crippen LogP contribution in [0.3, 0.4) is 0 Å². The summed E-state index contributed by atoms with van der Waals surface area (Å²) in [4.78, 5) is 1.52. The maximum atomic E-state index is 5.31. The Hall–Kier alpha value is 0.390. The SMILES string of the molecule is Ic1cc2c(s1)CCOC2. The molecule has 0 radical (unpaired) electrons. The molecule has 1 aromatic heterocycles. The van der Waals surface area contributed by atoms with Crippen LogP contribution in [0.4, 0.5) is 0 Å². The van der Waals surface area contributed by atoms with Gasteiger partial charge in [-0.3, -0.25) is 0 Å². The average Bonchev–Trinajstić information content (AvgIpc) is 2.27. The minimum atomic E-state index is 0.828. The van der Waals surface area contributed by atoms with Gasteiger partial charge in [0.25, 0.3) is 0 Å². The lowest BCUT2D eigenvalue weighted by atomic mass is 10.2. The number of hydrogen-bond acceptors (Lipinski definition) is 2. The van der Waals surface area contributed by atoms with Gasteiger partial charge in [-0.1, -0.05) is 0 Å². The Balaban J connectivity index is 2.41. The Morgan fingerprint density at radius 2 is 2.50 bits per heavy atom. The standard InChI is InChI=1S/C7H7IOS/c8-7-3-5-4-9-2-1-6(5)10-7/h3H,1-2,4H2. The number of fused-ring (bicyclic) bond motifs is 1. The highest BCUT2D eigenvalue weighted by Gasteiger charge is 2.11. The second-order valence-electron chi connectivity index (χ2n) is 2.30. The summed E-state index contributed by atoms with van der Waals surface area (Å²) in [7, 11) is 0. The average molecular weight is 266 g/mol.